The number of hydrogen-bond donors (Lipinski definition) is 1. The summed E-state index contributed by atoms with van der Waals surface area (Å²) in [5.74, 6) is 1.13. The van der Waals surface area contributed by atoms with Gasteiger partial charge in [0.1, 0.15) is 23.4 Å². The zero-order valence-electron chi connectivity index (χ0n) is 16.3. The molecule has 1 N–H and O–H groups in total. The highest BCUT2D eigenvalue weighted by Gasteiger charge is 2.42. The van der Waals surface area contributed by atoms with Crippen LogP contribution >= 0.6 is 11.6 Å². The number of benzene rings is 1. The molecule has 5 heteroatoms. The van der Waals surface area contributed by atoms with E-state index in [9.17, 15) is 14.7 Å². The minimum Gasteiger partial charge on any atom is -0.506 e. The Morgan fingerprint density at radius 3 is 2.63 bits per heavy atom. The van der Waals surface area contributed by atoms with Gasteiger partial charge in [-0.3, -0.25) is 9.59 Å². The van der Waals surface area contributed by atoms with Gasteiger partial charge in [0, 0.05) is 17.9 Å². The topological polar surface area (TPSA) is 63.6 Å². The number of hydrogen-bond acceptors (Lipinski definition) is 4. The summed E-state index contributed by atoms with van der Waals surface area (Å²) in [5, 5.41) is 10.5. The lowest BCUT2D eigenvalue weighted by Crippen LogP contribution is -2.40. The fourth-order valence-electron chi connectivity index (χ4n) is 4.29. The molecule has 1 aliphatic carbocycles. The van der Waals surface area contributed by atoms with Crippen molar-refractivity contribution in [1.29, 1.82) is 0 Å². The van der Waals surface area contributed by atoms with E-state index in [0.717, 1.165) is 12.7 Å². The SMILES string of the molecule is Cc1c(Cl)c(O)c2c(c1C=O)OC(/C=C/C1(C)C(C)CCC(=O)C1C)CC2. The normalized spacial score (nSPS) is 30.9. The number of phenols is 1. The highest BCUT2D eigenvalue weighted by molar-refractivity contribution is 6.33. The molecular weight excluding hydrogens is 364 g/mol. The van der Waals surface area contributed by atoms with Gasteiger partial charge in [-0.2, -0.15) is 0 Å². The Balaban J connectivity index is 1.89. The average Bonchev–Trinajstić information content (AvgIpc) is 2.66. The predicted octanol–water partition coefficient (Wildman–Crippen LogP) is 5.06. The maximum Gasteiger partial charge on any atom is 0.154 e. The third-order valence-corrected chi connectivity index (χ3v) is 7.25. The maximum atomic E-state index is 12.2. The Kier molecular flexibility index (Phi) is 5.40. The van der Waals surface area contributed by atoms with Gasteiger partial charge < -0.3 is 9.84 Å². The predicted molar refractivity (Wildman–Crippen MR) is 106 cm³/mol. The molecule has 27 heavy (non-hydrogen) atoms. The molecule has 0 amide bonds. The smallest absolute Gasteiger partial charge is 0.154 e. The molecule has 1 saturated carbocycles. The molecule has 0 aromatic heterocycles. The molecule has 0 saturated heterocycles. The summed E-state index contributed by atoms with van der Waals surface area (Å²) in [7, 11) is 0. The number of aromatic hydroxyl groups is 1. The lowest BCUT2D eigenvalue weighted by molar-refractivity contribution is -0.129. The summed E-state index contributed by atoms with van der Waals surface area (Å²) in [6.07, 6.45) is 7.49. The van der Waals surface area contributed by atoms with E-state index in [-0.39, 0.29) is 28.2 Å². The van der Waals surface area contributed by atoms with Crippen molar-refractivity contribution in [3.8, 4) is 11.5 Å². The number of fused-ring (bicyclic) bond motifs is 1. The molecule has 1 aromatic carbocycles. The van der Waals surface area contributed by atoms with Gasteiger partial charge in [0.15, 0.2) is 6.29 Å². The Labute approximate surface area is 165 Å². The molecule has 1 aliphatic heterocycles. The van der Waals surface area contributed by atoms with E-state index in [1.165, 1.54) is 0 Å². The summed E-state index contributed by atoms with van der Waals surface area (Å²) in [6, 6.07) is 0. The van der Waals surface area contributed by atoms with Crippen LogP contribution in [0.15, 0.2) is 12.2 Å². The summed E-state index contributed by atoms with van der Waals surface area (Å²) in [6.45, 7) is 8.04. The monoisotopic (exact) mass is 390 g/mol. The van der Waals surface area contributed by atoms with E-state index in [1.54, 1.807) is 6.92 Å². The first-order valence-corrected chi connectivity index (χ1v) is 9.96. The number of halogens is 1. The summed E-state index contributed by atoms with van der Waals surface area (Å²) < 4.78 is 6.08. The van der Waals surface area contributed by atoms with Crippen LogP contribution in [0.3, 0.4) is 0 Å². The number of ether oxygens (including phenoxy) is 1. The van der Waals surface area contributed by atoms with Crippen molar-refractivity contribution >= 4 is 23.7 Å². The number of carbonyl (C=O) groups excluding carboxylic acids is 2. The molecule has 0 radical (unpaired) electrons. The van der Waals surface area contributed by atoms with Gasteiger partial charge in [0.05, 0.1) is 10.6 Å². The molecule has 1 fully saturated rings. The van der Waals surface area contributed by atoms with Crippen molar-refractivity contribution in [2.45, 2.75) is 59.5 Å². The molecular formula is C22H27ClO4. The highest BCUT2D eigenvalue weighted by Crippen LogP contribution is 2.46. The second-order valence-corrected chi connectivity index (χ2v) is 8.55. The molecule has 0 bridgehead atoms. The number of carbonyl (C=O) groups is 2. The Morgan fingerprint density at radius 1 is 1.26 bits per heavy atom. The van der Waals surface area contributed by atoms with Gasteiger partial charge >= 0.3 is 0 Å². The first kappa shape index (κ1) is 19.9. The molecule has 4 unspecified atom stereocenters. The van der Waals surface area contributed by atoms with Gasteiger partial charge in [0.2, 0.25) is 0 Å². The van der Waals surface area contributed by atoms with E-state index >= 15 is 0 Å². The van der Waals surface area contributed by atoms with Crippen LogP contribution in [0.5, 0.6) is 11.5 Å². The van der Waals surface area contributed by atoms with Crippen LogP contribution in [0.2, 0.25) is 5.02 Å². The van der Waals surface area contributed by atoms with Crippen LogP contribution in [0.25, 0.3) is 0 Å². The van der Waals surface area contributed by atoms with Crippen LogP contribution in [0.1, 0.15) is 61.5 Å². The molecule has 1 heterocycles. The van der Waals surface area contributed by atoms with Crippen molar-refractivity contribution in [3.05, 3.63) is 33.9 Å². The van der Waals surface area contributed by atoms with Crippen molar-refractivity contribution in [2.24, 2.45) is 17.3 Å². The van der Waals surface area contributed by atoms with Gasteiger partial charge in [0.25, 0.3) is 0 Å². The average molecular weight is 391 g/mol. The third-order valence-electron chi connectivity index (χ3n) is 6.78. The quantitative estimate of drug-likeness (QED) is 0.578. The van der Waals surface area contributed by atoms with Gasteiger partial charge in [-0.05, 0) is 49.2 Å². The summed E-state index contributed by atoms with van der Waals surface area (Å²) in [5.41, 5.74) is 1.31. The molecule has 2 aliphatic rings. The fraction of sp³-hybridized carbons (Fsp3) is 0.545. The van der Waals surface area contributed by atoms with Crippen LogP contribution in [0, 0.1) is 24.2 Å². The van der Waals surface area contributed by atoms with E-state index in [4.69, 9.17) is 16.3 Å². The Morgan fingerprint density at radius 2 is 1.96 bits per heavy atom. The number of Topliss-reactive ketones (excluding diaryl/α,β-unsaturated/α-hetero) is 1. The molecule has 4 nitrogen and oxygen atoms in total. The number of allylic oxidation sites excluding steroid dienone is 1. The molecule has 1 aromatic rings. The Bertz CT molecular complexity index is 813. The van der Waals surface area contributed by atoms with Gasteiger partial charge in [-0.25, -0.2) is 0 Å². The first-order chi connectivity index (χ1) is 12.7. The standard InChI is InChI=1S/C22H27ClO4/c1-12-5-8-18(25)14(3)22(12,4)10-9-15-6-7-16-20(26)19(23)13(2)17(11-24)21(16)27-15/h9-12,14-15,26H,5-8H2,1-4H3/b10-9+. The van der Waals surface area contributed by atoms with Crippen LogP contribution in [-0.4, -0.2) is 23.3 Å². The lowest BCUT2D eigenvalue weighted by atomic mass is 9.61. The number of ketones is 1. The van der Waals surface area contributed by atoms with Crippen LogP contribution < -0.4 is 4.74 Å². The number of rotatable bonds is 3. The summed E-state index contributed by atoms with van der Waals surface area (Å²) >= 11 is 6.15. The molecule has 0 spiro atoms. The highest BCUT2D eigenvalue weighted by atomic mass is 35.5. The van der Waals surface area contributed by atoms with Crippen molar-refractivity contribution in [1.82, 2.24) is 0 Å². The minimum atomic E-state index is -0.204. The van der Waals surface area contributed by atoms with Crippen LogP contribution in [-0.2, 0) is 11.2 Å². The Hall–Kier alpha value is -1.81. The molecule has 146 valence electrons. The largest absolute Gasteiger partial charge is 0.506 e. The van der Waals surface area contributed by atoms with Gasteiger partial charge in [-0.1, -0.05) is 38.4 Å². The zero-order chi connectivity index (χ0) is 19.9. The second-order valence-electron chi connectivity index (χ2n) is 8.17. The fourth-order valence-corrected chi connectivity index (χ4v) is 4.51. The third kappa shape index (κ3) is 3.29. The second kappa shape index (κ2) is 7.31. The minimum absolute atomic E-state index is 0.00396. The first-order valence-electron chi connectivity index (χ1n) is 9.58. The molecule has 3 rings (SSSR count). The zero-order valence-corrected chi connectivity index (χ0v) is 17.1. The number of phenolic OH excluding ortho intramolecular Hbond substituents is 1. The summed E-state index contributed by atoms with van der Waals surface area (Å²) in [4.78, 5) is 23.8. The number of aldehydes is 1. The maximum absolute atomic E-state index is 12.2. The van der Waals surface area contributed by atoms with E-state index in [1.807, 2.05) is 13.0 Å². The van der Waals surface area contributed by atoms with E-state index in [2.05, 4.69) is 19.9 Å². The van der Waals surface area contributed by atoms with Crippen molar-refractivity contribution in [2.75, 3.05) is 0 Å². The van der Waals surface area contributed by atoms with Gasteiger partial charge in [-0.15, -0.1) is 0 Å². The molecule has 4 atom stereocenters. The van der Waals surface area contributed by atoms with E-state index in [0.29, 0.717) is 53.4 Å². The lowest BCUT2D eigenvalue weighted by Gasteiger charge is -2.42. The van der Waals surface area contributed by atoms with Crippen molar-refractivity contribution in [3.63, 3.8) is 0 Å². The van der Waals surface area contributed by atoms with Crippen LogP contribution in [0.4, 0.5) is 0 Å². The van der Waals surface area contributed by atoms with E-state index < -0.39 is 0 Å². The van der Waals surface area contributed by atoms with Crippen molar-refractivity contribution < 1.29 is 19.4 Å².